The molecule has 0 spiro atoms. The third-order valence-electron chi connectivity index (χ3n) is 3.63. The maximum Gasteiger partial charge on any atom is 0.241 e. The van der Waals surface area contributed by atoms with Crippen LogP contribution < -0.4 is 5.32 Å². The molecule has 1 heterocycles. The van der Waals surface area contributed by atoms with Gasteiger partial charge in [-0.05, 0) is 53.9 Å². The largest absolute Gasteiger partial charge is 0.396 e. The van der Waals surface area contributed by atoms with Gasteiger partial charge in [0.15, 0.2) is 0 Å². The quantitative estimate of drug-likeness (QED) is 0.890. The topological polar surface area (TPSA) is 52.6 Å². The van der Waals surface area contributed by atoms with Crippen molar-refractivity contribution in [3.8, 4) is 0 Å². The summed E-state index contributed by atoms with van der Waals surface area (Å²) < 4.78 is 0.880. The van der Waals surface area contributed by atoms with Crippen molar-refractivity contribution in [2.24, 2.45) is 5.92 Å². The summed E-state index contributed by atoms with van der Waals surface area (Å²) >= 11 is 3.42. The zero-order chi connectivity index (χ0) is 13.8. The van der Waals surface area contributed by atoms with Crippen molar-refractivity contribution in [2.45, 2.75) is 19.4 Å². The average molecular weight is 327 g/mol. The van der Waals surface area contributed by atoms with E-state index in [1.807, 2.05) is 31.2 Å². The molecule has 104 valence electrons. The van der Waals surface area contributed by atoms with E-state index in [1.165, 1.54) is 0 Å². The lowest BCUT2D eigenvalue weighted by Crippen LogP contribution is -2.40. The zero-order valence-electron chi connectivity index (χ0n) is 11.0. The molecule has 1 aromatic rings. The van der Waals surface area contributed by atoms with Gasteiger partial charge in [-0.3, -0.25) is 9.69 Å². The molecule has 19 heavy (non-hydrogen) atoms. The molecule has 1 fully saturated rings. The van der Waals surface area contributed by atoms with Crippen molar-refractivity contribution in [3.63, 3.8) is 0 Å². The van der Waals surface area contributed by atoms with Crippen LogP contribution >= 0.6 is 15.9 Å². The summed E-state index contributed by atoms with van der Waals surface area (Å²) in [6, 6.07) is 7.40. The van der Waals surface area contributed by atoms with Crippen LogP contribution in [0.5, 0.6) is 0 Å². The van der Waals surface area contributed by atoms with Crippen LogP contribution in [0, 0.1) is 5.92 Å². The molecule has 1 saturated heterocycles. The minimum absolute atomic E-state index is 0.00881. The number of anilines is 1. The number of carbonyl (C=O) groups is 1. The second kappa shape index (κ2) is 6.50. The smallest absolute Gasteiger partial charge is 0.241 e. The first-order valence-corrected chi connectivity index (χ1v) is 7.31. The van der Waals surface area contributed by atoms with E-state index in [0.29, 0.717) is 5.92 Å². The van der Waals surface area contributed by atoms with Crippen LogP contribution in [0.1, 0.15) is 13.3 Å². The number of likely N-dealkylation sites (tertiary alicyclic amines) is 1. The van der Waals surface area contributed by atoms with Crippen LogP contribution in [-0.2, 0) is 4.79 Å². The fourth-order valence-corrected chi connectivity index (χ4v) is 2.71. The number of para-hydroxylation sites is 1. The Balaban J connectivity index is 1.95. The van der Waals surface area contributed by atoms with Gasteiger partial charge >= 0.3 is 0 Å². The van der Waals surface area contributed by atoms with Gasteiger partial charge in [-0.1, -0.05) is 12.1 Å². The molecule has 0 radical (unpaired) electrons. The van der Waals surface area contributed by atoms with Crippen LogP contribution in [0.15, 0.2) is 28.7 Å². The maximum atomic E-state index is 12.2. The number of aliphatic hydroxyl groups is 1. The molecule has 0 aromatic heterocycles. The Kier molecular flexibility index (Phi) is 4.96. The molecular weight excluding hydrogens is 308 g/mol. The van der Waals surface area contributed by atoms with E-state index >= 15 is 0 Å². The van der Waals surface area contributed by atoms with Crippen molar-refractivity contribution in [1.82, 2.24) is 4.90 Å². The van der Waals surface area contributed by atoms with E-state index in [1.54, 1.807) is 0 Å². The normalized spacial score (nSPS) is 21.3. The molecule has 1 aromatic carbocycles. The number of nitrogens with one attached hydrogen (secondary N) is 1. The molecule has 0 aliphatic carbocycles. The summed E-state index contributed by atoms with van der Waals surface area (Å²) in [5.41, 5.74) is 0.789. The standard InChI is InChI=1S/C14H19BrN2O2/c1-10(17-7-6-11(8-17)9-18)14(19)16-13-5-3-2-4-12(13)15/h2-5,10-11,18H,6-9H2,1H3,(H,16,19). The van der Waals surface area contributed by atoms with E-state index in [2.05, 4.69) is 26.1 Å². The third kappa shape index (κ3) is 3.55. The first-order valence-electron chi connectivity index (χ1n) is 6.52. The van der Waals surface area contributed by atoms with Gasteiger partial charge < -0.3 is 10.4 Å². The van der Waals surface area contributed by atoms with E-state index in [4.69, 9.17) is 5.11 Å². The second-order valence-electron chi connectivity index (χ2n) is 4.98. The maximum absolute atomic E-state index is 12.2. The molecule has 1 aliphatic rings. The molecule has 2 atom stereocenters. The van der Waals surface area contributed by atoms with Crippen LogP contribution in [0.2, 0.25) is 0 Å². The Morgan fingerprint density at radius 1 is 1.58 bits per heavy atom. The molecule has 4 nitrogen and oxygen atoms in total. The monoisotopic (exact) mass is 326 g/mol. The number of benzene rings is 1. The number of aliphatic hydroxyl groups excluding tert-OH is 1. The van der Waals surface area contributed by atoms with Crippen LogP contribution in [0.3, 0.4) is 0 Å². The summed E-state index contributed by atoms with van der Waals surface area (Å²) in [5, 5.41) is 12.1. The summed E-state index contributed by atoms with van der Waals surface area (Å²) in [6.45, 7) is 3.78. The van der Waals surface area contributed by atoms with Gasteiger partial charge in [-0.15, -0.1) is 0 Å². The van der Waals surface area contributed by atoms with Crippen LogP contribution in [-0.4, -0.2) is 41.7 Å². The number of rotatable bonds is 4. The third-order valence-corrected chi connectivity index (χ3v) is 4.33. The van der Waals surface area contributed by atoms with Gasteiger partial charge in [0.05, 0.1) is 11.7 Å². The summed E-state index contributed by atoms with van der Waals surface area (Å²) in [4.78, 5) is 14.3. The Morgan fingerprint density at radius 2 is 2.32 bits per heavy atom. The molecule has 2 unspecified atom stereocenters. The summed E-state index contributed by atoms with van der Waals surface area (Å²) in [6.07, 6.45) is 0.961. The average Bonchev–Trinajstić information content (AvgIpc) is 2.89. The molecule has 0 bridgehead atoms. The first-order chi connectivity index (χ1) is 9.11. The minimum atomic E-state index is -0.177. The summed E-state index contributed by atoms with van der Waals surface area (Å²) in [7, 11) is 0. The van der Waals surface area contributed by atoms with Gasteiger partial charge in [-0.25, -0.2) is 0 Å². The number of amides is 1. The minimum Gasteiger partial charge on any atom is -0.396 e. The molecule has 1 amide bonds. The number of halogens is 1. The SMILES string of the molecule is CC(C(=O)Nc1ccccc1Br)N1CCC(CO)C1. The number of carbonyl (C=O) groups excluding carboxylic acids is 1. The Bertz CT molecular complexity index is 453. The second-order valence-corrected chi connectivity index (χ2v) is 5.83. The van der Waals surface area contributed by atoms with Crippen LogP contribution in [0.25, 0.3) is 0 Å². The van der Waals surface area contributed by atoms with Crippen LogP contribution in [0.4, 0.5) is 5.69 Å². The van der Waals surface area contributed by atoms with E-state index in [-0.39, 0.29) is 18.6 Å². The number of hydrogen-bond acceptors (Lipinski definition) is 3. The highest BCUT2D eigenvalue weighted by Crippen LogP contribution is 2.23. The highest BCUT2D eigenvalue weighted by Gasteiger charge is 2.29. The Morgan fingerprint density at radius 3 is 2.95 bits per heavy atom. The van der Waals surface area contributed by atoms with E-state index < -0.39 is 0 Å². The van der Waals surface area contributed by atoms with Gasteiger partial charge in [0.1, 0.15) is 0 Å². The summed E-state index contributed by atoms with van der Waals surface area (Å²) in [5.74, 6) is 0.296. The fourth-order valence-electron chi connectivity index (χ4n) is 2.33. The fraction of sp³-hybridized carbons (Fsp3) is 0.500. The number of nitrogens with zero attached hydrogens (tertiary/aromatic N) is 1. The zero-order valence-corrected chi connectivity index (χ0v) is 12.6. The number of hydrogen-bond donors (Lipinski definition) is 2. The Hall–Kier alpha value is -0.910. The van der Waals surface area contributed by atoms with Gasteiger partial charge in [0, 0.05) is 17.6 Å². The van der Waals surface area contributed by atoms with Crippen molar-refractivity contribution in [1.29, 1.82) is 0 Å². The highest BCUT2D eigenvalue weighted by molar-refractivity contribution is 9.10. The van der Waals surface area contributed by atoms with Gasteiger partial charge in [0.25, 0.3) is 0 Å². The highest BCUT2D eigenvalue weighted by atomic mass is 79.9. The molecule has 2 N–H and O–H groups in total. The predicted molar refractivity (Wildman–Crippen MR) is 79.0 cm³/mol. The van der Waals surface area contributed by atoms with Gasteiger partial charge in [0.2, 0.25) is 5.91 Å². The van der Waals surface area contributed by atoms with Gasteiger partial charge in [-0.2, -0.15) is 0 Å². The predicted octanol–water partition coefficient (Wildman–Crippen LogP) is 2.09. The lowest BCUT2D eigenvalue weighted by Gasteiger charge is -2.23. The molecule has 5 heteroatoms. The molecule has 1 aliphatic heterocycles. The van der Waals surface area contributed by atoms with Crippen molar-refractivity contribution < 1.29 is 9.90 Å². The molecule has 0 saturated carbocycles. The van der Waals surface area contributed by atoms with E-state index in [0.717, 1.165) is 29.7 Å². The van der Waals surface area contributed by atoms with Crippen molar-refractivity contribution in [3.05, 3.63) is 28.7 Å². The molecule has 2 rings (SSSR count). The Labute approximate surface area is 121 Å². The van der Waals surface area contributed by atoms with Crippen molar-refractivity contribution in [2.75, 3.05) is 25.0 Å². The first kappa shape index (κ1) is 14.5. The van der Waals surface area contributed by atoms with Crippen molar-refractivity contribution >= 4 is 27.5 Å². The molecular formula is C14H19BrN2O2. The van der Waals surface area contributed by atoms with E-state index in [9.17, 15) is 4.79 Å². The lowest BCUT2D eigenvalue weighted by atomic mass is 10.1. The lowest BCUT2D eigenvalue weighted by molar-refractivity contribution is -0.120.